The SMILES string of the molecule is CCCCCCOC(=O)c1ccc(NC(=S)NC(=O)CN2C(=O)c3ccccc3C2=O)cc1. The Morgan fingerprint density at radius 3 is 2.18 bits per heavy atom. The number of benzene rings is 2. The van der Waals surface area contributed by atoms with Crippen molar-refractivity contribution in [2.75, 3.05) is 18.5 Å². The maximum Gasteiger partial charge on any atom is 0.338 e. The number of carbonyl (C=O) groups excluding carboxylic acids is 4. The van der Waals surface area contributed by atoms with Gasteiger partial charge in [0.15, 0.2) is 5.11 Å². The molecule has 0 radical (unpaired) electrons. The third kappa shape index (κ3) is 6.23. The molecule has 33 heavy (non-hydrogen) atoms. The number of esters is 1. The molecule has 1 aliphatic heterocycles. The second-order valence-corrected chi connectivity index (χ2v) is 7.93. The van der Waals surface area contributed by atoms with Crippen molar-refractivity contribution >= 4 is 46.7 Å². The molecule has 0 saturated heterocycles. The predicted molar refractivity (Wildman–Crippen MR) is 127 cm³/mol. The highest BCUT2D eigenvalue weighted by atomic mass is 32.1. The van der Waals surface area contributed by atoms with Gasteiger partial charge in [0.2, 0.25) is 5.91 Å². The van der Waals surface area contributed by atoms with Crippen molar-refractivity contribution in [3.05, 3.63) is 65.2 Å². The van der Waals surface area contributed by atoms with Crippen LogP contribution in [0.15, 0.2) is 48.5 Å². The Labute approximate surface area is 197 Å². The number of hydrogen-bond acceptors (Lipinski definition) is 6. The molecule has 1 aliphatic rings. The molecule has 0 aliphatic carbocycles. The average Bonchev–Trinajstić information content (AvgIpc) is 3.04. The first-order valence-electron chi connectivity index (χ1n) is 10.7. The summed E-state index contributed by atoms with van der Waals surface area (Å²) in [6.45, 7) is 2.06. The largest absolute Gasteiger partial charge is 0.462 e. The zero-order valence-corrected chi connectivity index (χ0v) is 19.1. The fourth-order valence-corrected chi connectivity index (χ4v) is 3.55. The standard InChI is InChI=1S/C24H25N3O5S/c1-2-3-4-7-14-32-23(31)16-10-12-17(13-11-16)25-24(33)26-20(28)15-27-21(29)18-8-5-6-9-19(18)22(27)30/h5-6,8-13H,2-4,7,14-15H2,1H3,(H2,25,26,28,33). The second kappa shape index (κ2) is 11.3. The molecular weight excluding hydrogens is 442 g/mol. The van der Waals surface area contributed by atoms with E-state index in [-0.39, 0.29) is 16.2 Å². The maximum absolute atomic E-state index is 12.4. The van der Waals surface area contributed by atoms with Gasteiger partial charge in [-0.3, -0.25) is 19.3 Å². The van der Waals surface area contributed by atoms with Crippen molar-refractivity contribution in [1.82, 2.24) is 10.2 Å². The first-order valence-corrected chi connectivity index (χ1v) is 11.1. The topological polar surface area (TPSA) is 105 Å². The molecule has 3 rings (SSSR count). The van der Waals surface area contributed by atoms with E-state index in [1.807, 2.05) is 0 Å². The van der Waals surface area contributed by atoms with Crippen LogP contribution in [0.4, 0.5) is 5.69 Å². The number of anilines is 1. The lowest BCUT2D eigenvalue weighted by atomic mass is 10.1. The third-order valence-electron chi connectivity index (χ3n) is 5.04. The summed E-state index contributed by atoms with van der Waals surface area (Å²) in [4.78, 5) is 50.0. The molecule has 172 valence electrons. The van der Waals surface area contributed by atoms with Crippen LogP contribution in [0.5, 0.6) is 0 Å². The number of rotatable bonds is 9. The van der Waals surface area contributed by atoms with Crippen molar-refractivity contribution in [1.29, 1.82) is 0 Å². The van der Waals surface area contributed by atoms with Crippen molar-refractivity contribution in [2.45, 2.75) is 32.6 Å². The van der Waals surface area contributed by atoms with Gasteiger partial charge >= 0.3 is 5.97 Å². The molecule has 9 heteroatoms. The number of amides is 3. The minimum Gasteiger partial charge on any atom is -0.462 e. The Hall–Kier alpha value is -3.59. The number of ether oxygens (including phenoxy) is 1. The van der Waals surface area contributed by atoms with Gasteiger partial charge in [0, 0.05) is 5.69 Å². The Kier molecular flexibility index (Phi) is 8.26. The average molecular weight is 468 g/mol. The predicted octanol–water partition coefficient (Wildman–Crippen LogP) is 3.53. The highest BCUT2D eigenvalue weighted by molar-refractivity contribution is 7.80. The van der Waals surface area contributed by atoms with Crippen LogP contribution in [0.2, 0.25) is 0 Å². The zero-order valence-electron chi connectivity index (χ0n) is 18.3. The molecule has 0 spiro atoms. The van der Waals surface area contributed by atoms with E-state index in [2.05, 4.69) is 17.6 Å². The molecule has 2 N–H and O–H groups in total. The second-order valence-electron chi connectivity index (χ2n) is 7.52. The van der Waals surface area contributed by atoms with Crippen LogP contribution in [0.25, 0.3) is 0 Å². The van der Waals surface area contributed by atoms with E-state index in [0.717, 1.165) is 30.6 Å². The van der Waals surface area contributed by atoms with Gasteiger partial charge < -0.3 is 15.4 Å². The molecule has 0 unspecified atom stereocenters. The Morgan fingerprint density at radius 1 is 0.939 bits per heavy atom. The van der Waals surface area contributed by atoms with E-state index in [1.165, 1.54) is 0 Å². The number of nitrogens with one attached hydrogen (secondary N) is 2. The van der Waals surface area contributed by atoms with E-state index >= 15 is 0 Å². The smallest absolute Gasteiger partial charge is 0.338 e. The number of fused-ring (bicyclic) bond motifs is 1. The fourth-order valence-electron chi connectivity index (χ4n) is 3.32. The molecule has 3 amide bonds. The lowest BCUT2D eigenvalue weighted by Crippen LogP contribution is -2.43. The van der Waals surface area contributed by atoms with Crippen LogP contribution < -0.4 is 10.6 Å². The summed E-state index contributed by atoms with van der Waals surface area (Å²) in [6.07, 6.45) is 4.11. The summed E-state index contributed by atoms with van der Waals surface area (Å²) in [7, 11) is 0. The molecule has 2 aromatic carbocycles. The van der Waals surface area contributed by atoms with Crippen LogP contribution in [0.3, 0.4) is 0 Å². The minimum absolute atomic E-state index is 0.00265. The van der Waals surface area contributed by atoms with Crippen LogP contribution >= 0.6 is 12.2 Å². The number of imide groups is 1. The Bertz CT molecular complexity index is 1030. The van der Waals surface area contributed by atoms with Crippen LogP contribution in [-0.4, -0.2) is 46.9 Å². The van der Waals surface area contributed by atoms with Gasteiger partial charge in [-0.05, 0) is 55.0 Å². The quantitative estimate of drug-likeness (QED) is 0.252. The first-order chi connectivity index (χ1) is 15.9. The van der Waals surface area contributed by atoms with E-state index in [4.69, 9.17) is 17.0 Å². The third-order valence-corrected chi connectivity index (χ3v) is 5.25. The summed E-state index contributed by atoms with van der Waals surface area (Å²) < 4.78 is 5.25. The summed E-state index contributed by atoms with van der Waals surface area (Å²) >= 11 is 5.13. The van der Waals surface area contributed by atoms with Crippen molar-refractivity contribution in [3.8, 4) is 0 Å². The highest BCUT2D eigenvalue weighted by Gasteiger charge is 2.36. The molecule has 0 atom stereocenters. The Morgan fingerprint density at radius 2 is 1.58 bits per heavy atom. The highest BCUT2D eigenvalue weighted by Crippen LogP contribution is 2.21. The zero-order chi connectivity index (χ0) is 23.8. The lowest BCUT2D eigenvalue weighted by molar-refractivity contribution is -0.120. The van der Waals surface area contributed by atoms with Crippen molar-refractivity contribution in [2.24, 2.45) is 0 Å². The van der Waals surface area contributed by atoms with Crippen molar-refractivity contribution in [3.63, 3.8) is 0 Å². The van der Waals surface area contributed by atoms with Crippen LogP contribution in [-0.2, 0) is 9.53 Å². The normalized spacial score (nSPS) is 12.3. The molecular formula is C24H25N3O5S. The van der Waals surface area contributed by atoms with Gasteiger partial charge in [-0.2, -0.15) is 0 Å². The van der Waals surface area contributed by atoms with Gasteiger partial charge in [-0.15, -0.1) is 0 Å². The van der Waals surface area contributed by atoms with Gasteiger partial charge in [-0.1, -0.05) is 38.3 Å². The van der Waals surface area contributed by atoms with Gasteiger partial charge in [0.25, 0.3) is 11.8 Å². The monoisotopic (exact) mass is 467 g/mol. The number of thiocarbonyl (C=S) groups is 1. The fraction of sp³-hybridized carbons (Fsp3) is 0.292. The van der Waals surface area contributed by atoms with Crippen LogP contribution in [0, 0.1) is 0 Å². The summed E-state index contributed by atoms with van der Waals surface area (Å²) in [5.74, 6) is -2.03. The maximum atomic E-state index is 12.4. The summed E-state index contributed by atoms with van der Waals surface area (Å²) in [5, 5.41) is 5.28. The molecule has 0 fully saturated rings. The molecule has 8 nitrogen and oxygen atoms in total. The Balaban J connectivity index is 1.46. The van der Waals surface area contributed by atoms with E-state index < -0.39 is 30.2 Å². The van der Waals surface area contributed by atoms with E-state index in [0.29, 0.717) is 17.9 Å². The molecule has 0 bridgehead atoms. The minimum atomic E-state index is -0.606. The molecule has 2 aromatic rings. The van der Waals surface area contributed by atoms with E-state index in [1.54, 1.807) is 48.5 Å². The van der Waals surface area contributed by atoms with Gasteiger partial charge in [0.05, 0.1) is 23.3 Å². The number of unbranched alkanes of at least 4 members (excludes halogenated alkanes) is 3. The number of hydrogen-bond donors (Lipinski definition) is 2. The van der Waals surface area contributed by atoms with E-state index in [9.17, 15) is 19.2 Å². The first kappa shape index (κ1) is 24.1. The van der Waals surface area contributed by atoms with Crippen LogP contribution in [0.1, 0.15) is 63.7 Å². The molecule has 1 heterocycles. The summed E-state index contributed by atoms with van der Waals surface area (Å²) in [5.41, 5.74) is 1.52. The molecule has 0 saturated carbocycles. The lowest BCUT2D eigenvalue weighted by Gasteiger charge is -2.14. The van der Waals surface area contributed by atoms with Gasteiger partial charge in [-0.25, -0.2) is 4.79 Å². The molecule has 0 aromatic heterocycles. The van der Waals surface area contributed by atoms with Gasteiger partial charge in [0.1, 0.15) is 6.54 Å². The number of nitrogens with zero attached hydrogens (tertiary/aromatic N) is 1. The number of carbonyl (C=O) groups is 4. The van der Waals surface area contributed by atoms with Crippen molar-refractivity contribution < 1.29 is 23.9 Å². The summed E-state index contributed by atoms with van der Waals surface area (Å²) in [6, 6.07) is 12.9.